The zero-order chi connectivity index (χ0) is 14.7. The molecule has 112 valence electrons. The standard InChI is InChI=1S/C14H25N5O/c1-11(2)4-5-18-6-8-19(9-7-18)14(20)13-12(15)10-17(3)16-13/h10-11H,4-9,15H2,1-3H3. The summed E-state index contributed by atoms with van der Waals surface area (Å²) in [6, 6.07) is 0. The van der Waals surface area contributed by atoms with Crippen molar-refractivity contribution < 1.29 is 4.79 Å². The second kappa shape index (κ2) is 6.26. The highest BCUT2D eigenvalue weighted by Crippen LogP contribution is 2.14. The molecule has 6 heteroatoms. The first-order valence-electron chi connectivity index (χ1n) is 7.28. The molecule has 0 unspecified atom stereocenters. The molecule has 0 radical (unpaired) electrons. The highest BCUT2D eigenvalue weighted by molar-refractivity contribution is 5.97. The minimum absolute atomic E-state index is 0.0494. The first-order valence-corrected chi connectivity index (χ1v) is 7.28. The third-order valence-corrected chi connectivity index (χ3v) is 3.74. The van der Waals surface area contributed by atoms with Crippen molar-refractivity contribution in [2.75, 3.05) is 38.5 Å². The highest BCUT2D eigenvalue weighted by atomic mass is 16.2. The van der Waals surface area contributed by atoms with Crippen LogP contribution in [-0.4, -0.2) is 58.2 Å². The van der Waals surface area contributed by atoms with Crippen molar-refractivity contribution in [3.63, 3.8) is 0 Å². The van der Waals surface area contributed by atoms with Gasteiger partial charge in [-0.25, -0.2) is 0 Å². The van der Waals surface area contributed by atoms with Gasteiger partial charge in [0, 0.05) is 39.4 Å². The largest absolute Gasteiger partial charge is 0.396 e. The molecule has 1 amide bonds. The molecule has 0 bridgehead atoms. The first-order chi connectivity index (χ1) is 9.47. The average Bonchev–Trinajstić information content (AvgIpc) is 2.75. The highest BCUT2D eigenvalue weighted by Gasteiger charge is 2.25. The summed E-state index contributed by atoms with van der Waals surface area (Å²) < 4.78 is 1.58. The number of nitrogen functional groups attached to an aromatic ring is 1. The van der Waals surface area contributed by atoms with Crippen LogP contribution >= 0.6 is 0 Å². The lowest BCUT2D eigenvalue weighted by atomic mass is 10.1. The number of hydrogen-bond acceptors (Lipinski definition) is 4. The molecule has 2 N–H and O–H groups in total. The molecule has 2 heterocycles. The lowest BCUT2D eigenvalue weighted by Gasteiger charge is -2.34. The molecule has 1 aromatic rings. The number of anilines is 1. The van der Waals surface area contributed by atoms with Crippen molar-refractivity contribution in [2.24, 2.45) is 13.0 Å². The Labute approximate surface area is 120 Å². The van der Waals surface area contributed by atoms with E-state index in [2.05, 4.69) is 23.8 Å². The van der Waals surface area contributed by atoms with E-state index in [1.54, 1.807) is 17.9 Å². The smallest absolute Gasteiger partial charge is 0.276 e. The number of nitrogens with zero attached hydrogens (tertiary/aromatic N) is 4. The molecule has 0 aromatic carbocycles. The average molecular weight is 279 g/mol. The number of nitrogens with two attached hydrogens (primary N) is 1. The molecule has 1 fully saturated rings. The number of carbonyl (C=O) groups excluding carboxylic acids is 1. The van der Waals surface area contributed by atoms with Crippen LogP contribution in [0.3, 0.4) is 0 Å². The summed E-state index contributed by atoms with van der Waals surface area (Å²) in [5, 5.41) is 4.15. The van der Waals surface area contributed by atoms with Gasteiger partial charge in [-0.15, -0.1) is 0 Å². The van der Waals surface area contributed by atoms with Crippen LogP contribution in [0, 0.1) is 5.92 Å². The number of amides is 1. The maximum Gasteiger partial charge on any atom is 0.276 e. The Bertz CT molecular complexity index is 460. The van der Waals surface area contributed by atoms with Gasteiger partial charge in [-0.2, -0.15) is 5.10 Å². The Morgan fingerprint density at radius 2 is 2.00 bits per heavy atom. The van der Waals surface area contributed by atoms with Crippen LogP contribution in [0.4, 0.5) is 5.69 Å². The minimum atomic E-state index is -0.0494. The quantitative estimate of drug-likeness (QED) is 0.885. The van der Waals surface area contributed by atoms with Crippen LogP contribution in [0.2, 0.25) is 0 Å². The summed E-state index contributed by atoms with van der Waals surface area (Å²) in [4.78, 5) is 16.6. The summed E-state index contributed by atoms with van der Waals surface area (Å²) in [5.74, 6) is 0.676. The van der Waals surface area contributed by atoms with Crippen molar-refractivity contribution in [1.82, 2.24) is 19.6 Å². The molecular formula is C14H25N5O. The predicted molar refractivity (Wildman–Crippen MR) is 79.4 cm³/mol. The van der Waals surface area contributed by atoms with Crippen molar-refractivity contribution in [3.8, 4) is 0 Å². The third-order valence-electron chi connectivity index (χ3n) is 3.74. The fourth-order valence-corrected chi connectivity index (χ4v) is 2.44. The molecule has 20 heavy (non-hydrogen) atoms. The van der Waals surface area contributed by atoms with E-state index in [0.29, 0.717) is 11.4 Å². The van der Waals surface area contributed by atoms with Crippen LogP contribution in [0.15, 0.2) is 6.20 Å². The molecular weight excluding hydrogens is 254 g/mol. The van der Waals surface area contributed by atoms with Gasteiger partial charge in [-0.3, -0.25) is 14.4 Å². The zero-order valence-corrected chi connectivity index (χ0v) is 12.7. The Morgan fingerprint density at radius 1 is 1.35 bits per heavy atom. The van der Waals surface area contributed by atoms with E-state index in [-0.39, 0.29) is 5.91 Å². The lowest BCUT2D eigenvalue weighted by molar-refractivity contribution is 0.0626. The van der Waals surface area contributed by atoms with E-state index in [1.165, 1.54) is 6.42 Å². The predicted octanol–water partition coefficient (Wildman–Crippen LogP) is 0.806. The topological polar surface area (TPSA) is 67.4 Å². The molecule has 1 saturated heterocycles. The van der Waals surface area contributed by atoms with Gasteiger partial charge in [-0.1, -0.05) is 13.8 Å². The van der Waals surface area contributed by atoms with Gasteiger partial charge in [0.1, 0.15) is 0 Å². The third kappa shape index (κ3) is 3.50. The van der Waals surface area contributed by atoms with Crippen molar-refractivity contribution >= 4 is 11.6 Å². The van der Waals surface area contributed by atoms with Crippen LogP contribution in [0.1, 0.15) is 30.8 Å². The first kappa shape index (κ1) is 14.8. The van der Waals surface area contributed by atoms with E-state index >= 15 is 0 Å². The summed E-state index contributed by atoms with van der Waals surface area (Å²) in [6.07, 6.45) is 2.88. The second-order valence-corrected chi connectivity index (χ2v) is 5.92. The minimum Gasteiger partial charge on any atom is -0.396 e. The Morgan fingerprint density at radius 3 is 2.50 bits per heavy atom. The molecule has 1 aliphatic heterocycles. The van der Waals surface area contributed by atoms with Crippen molar-refractivity contribution in [2.45, 2.75) is 20.3 Å². The van der Waals surface area contributed by atoms with Crippen molar-refractivity contribution in [1.29, 1.82) is 0 Å². The SMILES string of the molecule is CC(C)CCN1CCN(C(=O)c2nn(C)cc2N)CC1. The summed E-state index contributed by atoms with van der Waals surface area (Å²) in [6.45, 7) is 8.98. The lowest BCUT2D eigenvalue weighted by Crippen LogP contribution is -2.49. The Balaban J connectivity index is 1.87. The molecule has 0 aliphatic carbocycles. The normalized spacial score (nSPS) is 16.9. The Kier molecular flexibility index (Phi) is 4.65. The van der Waals surface area contributed by atoms with Gasteiger partial charge in [0.2, 0.25) is 0 Å². The fraction of sp³-hybridized carbons (Fsp3) is 0.714. The van der Waals surface area contributed by atoms with Gasteiger partial charge in [0.25, 0.3) is 5.91 Å². The van der Waals surface area contributed by atoms with E-state index < -0.39 is 0 Å². The number of carbonyl (C=O) groups is 1. The summed E-state index contributed by atoms with van der Waals surface area (Å²) in [7, 11) is 1.77. The number of aromatic nitrogens is 2. The monoisotopic (exact) mass is 279 g/mol. The summed E-state index contributed by atoms with van der Waals surface area (Å²) in [5.41, 5.74) is 6.65. The van der Waals surface area contributed by atoms with Crippen LogP contribution in [-0.2, 0) is 7.05 Å². The fourth-order valence-electron chi connectivity index (χ4n) is 2.44. The maximum absolute atomic E-state index is 12.4. The molecule has 6 nitrogen and oxygen atoms in total. The van der Waals surface area contributed by atoms with E-state index in [4.69, 9.17) is 5.73 Å². The molecule has 1 aliphatic rings. The number of rotatable bonds is 4. The van der Waals surface area contributed by atoms with Gasteiger partial charge >= 0.3 is 0 Å². The van der Waals surface area contributed by atoms with Gasteiger partial charge in [0.05, 0.1) is 5.69 Å². The maximum atomic E-state index is 12.4. The molecule has 0 saturated carbocycles. The van der Waals surface area contributed by atoms with E-state index in [1.807, 2.05) is 4.90 Å². The number of aryl methyl sites for hydroxylation is 1. The van der Waals surface area contributed by atoms with Gasteiger partial charge < -0.3 is 10.6 Å². The van der Waals surface area contributed by atoms with Crippen LogP contribution in [0.5, 0.6) is 0 Å². The Hall–Kier alpha value is -1.56. The van der Waals surface area contributed by atoms with Crippen LogP contribution in [0.25, 0.3) is 0 Å². The molecule has 0 atom stereocenters. The number of piperazine rings is 1. The number of hydrogen-bond donors (Lipinski definition) is 1. The van der Waals surface area contributed by atoms with Gasteiger partial charge in [0.15, 0.2) is 5.69 Å². The van der Waals surface area contributed by atoms with Crippen molar-refractivity contribution in [3.05, 3.63) is 11.9 Å². The van der Waals surface area contributed by atoms with E-state index in [9.17, 15) is 4.79 Å². The molecule has 1 aromatic heterocycles. The van der Waals surface area contributed by atoms with Crippen LogP contribution < -0.4 is 5.73 Å². The second-order valence-electron chi connectivity index (χ2n) is 5.92. The summed E-state index contributed by atoms with van der Waals surface area (Å²) >= 11 is 0. The van der Waals surface area contributed by atoms with E-state index in [0.717, 1.165) is 38.6 Å². The zero-order valence-electron chi connectivity index (χ0n) is 12.7. The molecule has 2 rings (SSSR count). The van der Waals surface area contributed by atoms with Gasteiger partial charge in [-0.05, 0) is 18.9 Å². The molecule has 0 spiro atoms.